The molecule has 8 nitrogen and oxygen atoms in total. The number of fused-ring (bicyclic) bond motifs is 3. The zero-order valence-corrected chi connectivity index (χ0v) is 15.0. The van der Waals surface area contributed by atoms with Gasteiger partial charge < -0.3 is 0 Å². The number of aromatic amines is 1. The maximum absolute atomic E-state index is 12.9. The van der Waals surface area contributed by atoms with E-state index in [9.17, 15) is 14.9 Å². The van der Waals surface area contributed by atoms with Gasteiger partial charge in [0.25, 0.3) is 11.2 Å². The van der Waals surface area contributed by atoms with Crippen LogP contribution in [-0.4, -0.2) is 24.5 Å². The van der Waals surface area contributed by atoms with Gasteiger partial charge in [-0.25, -0.2) is 9.38 Å². The second kappa shape index (κ2) is 6.10. The van der Waals surface area contributed by atoms with Crippen molar-refractivity contribution in [2.75, 3.05) is 0 Å². The topological polar surface area (TPSA) is 106 Å². The largest absolute Gasteiger partial charge is 0.277 e. The van der Waals surface area contributed by atoms with Gasteiger partial charge in [-0.2, -0.15) is 5.10 Å². The van der Waals surface area contributed by atoms with Gasteiger partial charge in [0.15, 0.2) is 4.96 Å². The SMILES string of the molecule is O=c1/c(=C/c2cn[nH]c2-c2cccc([N+](=O)[O-])c2)sc2nc3ccccc3n12. The van der Waals surface area contributed by atoms with Gasteiger partial charge in [-0.3, -0.25) is 20.0 Å². The number of imidazole rings is 1. The van der Waals surface area contributed by atoms with Crippen LogP contribution in [0.3, 0.4) is 0 Å². The molecule has 9 heteroatoms. The van der Waals surface area contributed by atoms with Crippen LogP contribution < -0.4 is 10.1 Å². The minimum atomic E-state index is -0.446. The second-order valence-corrected chi connectivity index (χ2v) is 7.15. The molecule has 0 saturated carbocycles. The first-order chi connectivity index (χ1) is 13.6. The molecule has 0 bridgehead atoms. The Morgan fingerprint density at radius 1 is 1.18 bits per heavy atom. The van der Waals surface area contributed by atoms with Crippen LogP contribution in [0.5, 0.6) is 0 Å². The average molecular weight is 389 g/mol. The smallest absolute Gasteiger partial charge is 0.274 e. The number of nitro groups is 1. The Hall–Kier alpha value is -3.85. The Morgan fingerprint density at radius 2 is 2.04 bits per heavy atom. The van der Waals surface area contributed by atoms with E-state index in [2.05, 4.69) is 15.2 Å². The van der Waals surface area contributed by atoms with E-state index in [1.165, 1.54) is 23.5 Å². The van der Waals surface area contributed by atoms with Crippen molar-refractivity contribution < 1.29 is 4.92 Å². The lowest BCUT2D eigenvalue weighted by Crippen LogP contribution is -2.22. The number of para-hydroxylation sites is 2. The van der Waals surface area contributed by atoms with Gasteiger partial charge in [-0.1, -0.05) is 35.6 Å². The van der Waals surface area contributed by atoms with Gasteiger partial charge in [0.05, 0.1) is 32.4 Å². The van der Waals surface area contributed by atoms with Gasteiger partial charge in [-0.15, -0.1) is 0 Å². The lowest BCUT2D eigenvalue weighted by Gasteiger charge is -1.99. The third-order valence-electron chi connectivity index (χ3n) is 4.45. The van der Waals surface area contributed by atoms with Crippen molar-refractivity contribution in [3.63, 3.8) is 0 Å². The molecule has 0 spiro atoms. The Labute approximate surface area is 160 Å². The number of H-pyrrole nitrogens is 1. The molecule has 0 fully saturated rings. The molecule has 5 rings (SSSR count). The summed E-state index contributed by atoms with van der Waals surface area (Å²) in [5.41, 5.74) is 3.29. The molecule has 0 aliphatic carbocycles. The summed E-state index contributed by atoms with van der Waals surface area (Å²) in [5.74, 6) is 0. The fraction of sp³-hybridized carbons (Fsp3) is 0. The summed E-state index contributed by atoms with van der Waals surface area (Å²) in [6.07, 6.45) is 3.32. The van der Waals surface area contributed by atoms with E-state index in [4.69, 9.17) is 0 Å². The molecule has 5 aromatic rings. The summed E-state index contributed by atoms with van der Waals surface area (Å²) in [6, 6.07) is 13.7. The molecule has 3 aromatic heterocycles. The van der Waals surface area contributed by atoms with Crippen LogP contribution in [0.25, 0.3) is 33.3 Å². The summed E-state index contributed by atoms with van der Waals surface area (Å²) >= 11 is 1.29. The Kier molecular flexibility index (Phi) is 3.56. The molecular weight excluding hydrogens is 378 g/mol. The van der Waals surface area contributed by atoms with Crippen molar-refractivity contribution in [2.24, 2.45) is 0 Å². The monoisotopic (exact) mass is 389 g/mol. The van der Waals surface area contributed by atoms with Crippen molar-refractivity contribution in [3.8, 4) is 11.3 Å². The molecule has 136 valence electrons. The number of benzene rings is 2. The molecular formula is C19H11N5O3S. The first-order valence-corrected chi connectivity index (χ1v) is 9.13. The van der Waals surface area contributed by atoms with Gasteiger partial charge in [0.2, 0.25) is 0 Å². The van der Waals surface area contributed by atoms with E-state index >= 15 is 0 Å². The van der Waals surface area contributed by atoms with Crippen LogP contribution >= 0.6 is 11.3 Å². The fourth-order valence-corrected chi connectivity index (χ4v) is 4.14. The summed E-state index contributed by atoms with van der Waals surface area (Å²) in [4.78, 5) is 28.6. The fourth-order valence-electron chi connectivity index (χ4n) is 3.16. The lowest BCUT2D eigenvalue weighted by molar-refractivity contribution is -0.384. The Morgan fingerprint density at radius 3 is 2.89 bits per heavy atom. The molecule has 2 aromatic carbocycles. The van der Waals surface area contributed by atoms with Gasteiger partial charge in [0.1, 0.15) is 0 Å². The molecule has 1 N–H and O–H groups in total. The lowest BCUT2D eigenvalue weighted by atomic mass is 10.1. The number of thiazole rings is 1. The predicted molar refractivity (Wildman–Crippen MR) is 106 cm³/mol. The number of rotatable bonds is 3. The molecule has 28 heavy (non-hydrogen) atoms. The van der Waals surface area contributed by atoms with Crippen molar-refractivity contribution in [2.45, 2.75) is 0 Å². The number of nitrogens with zero attached hydrogens (tertiary/aromatic N) is 4. The summed E-state index contributed by atoms with van der Waals surface area (Å²) in [7, 11) is 0. The number of nitro benzene ring substituents is 1. The van der Waals surface area contributed by atoms with Gasteiger partial charge >= 0.3 is 0 Å². The first kappa shape index (κ1) is 16.3. The van der Waals surface area contributed by atoms with Crippen molar-refractivity contribution in [1.29, 1.82) is 0 Å². The van der Waals surface area contributed by atoms with Crippen LogP contribution in [0.15, 0.2) is 59.5 Å². The van der Waals surface area contributed by atoms with Crippen LogP contribution in [0.1, 0.15) is 5.56 Å². The maximum atomic E-state index is 12.9. The molecule has 0 unspecified atom stereocenters. The van der Waals surface area contributed by atoms with E-state index in [0.717, 1.165) is 11.0 Å². The second-order valence-electron chi connectivity index (χ2n) is 6.14. The number of aromatic nitrogens is 4. The van der Waals surface area contributed by atoms with Crippen LogP contribution in [0.4, 0.5) is 5.69 Å². The van der Waals surface area contributed by atoms with Gasteiger partial charge in [-0.05, 0) is 18.2 Å². The number of nitrogens with one attached hydrogen (secondary N) is 1. The van der Waals surface area contributed by atoms with E-state index in [-0.39, 0.29) is 11.2 Å². The van der Waals surface area contributed by atoms with Crippen molar-refractivity contribution >= 4 is 39.1 Å². The highest BCUT2D eigenvalue weighted by atomic mass is 32.1. The highest BCUT2D eigenvalue weighted by molar-refractivity contribution is 7.15. The van der Waals surface area contributed by atoms with Crippen molar-refractivity contribution in [1.82, 2.24) is 19.6 Å². The van der Waals surface area contributed by atoms with Crippen LogP contribution in [0.2, 0.25) is 0 Å². The minimum Gasteiger partial charge on any atom is -0.277 e. The molecule has 0 aliphatic heterocycles. The van der Waals surface area contributed by atoms with Crippen LogP contribution in [0, 0.1) is 10.1 Å². The highest BCUT2D eigenvalue weighted by Gasteiger charge is 2.13. The molecule has 0 aliphatic rings. The zero-order chi connectivity index (χ0) is 19.3. The van der Waals surface area contributed by atoms with E-state index < -0.39 is 4.92 Å². The third-order valence-corrected chi connectivity index (χ3v) is 5.41. The Bertz CT molecular complexity index is 1480. The summed E-state index contributed by atoms with van der Waals surface area (Å²) in [6.45, 7) is 0. The molecule has 0 saturated heterocycles. The highest BCUT2D eigenvalue weighted by Crippen LogP contribution is 2.25. The maximum Gasteiger partial charge on any atom is 0.274 e. The first-order valence-electron chi connectivity index (χ1n) is 8.32. The number of hydrogen-bond donors (Lipinski definition) is 1. The third kappa shape index (κ3) is 2.48. The van der Waals surface area contributed by atoms with E-state index in [1.807, 2.05) is 24.3 Å². The standard InChI is InChI=1S/C19H11N5O3S/c25-18-16(28-19-21-14-6-1-2-7-15(14)23(18)19)9-12-10-20-22-17(12)11-4-3-5-13(8-11)24(26)27/h1-10H,(H,20,22)/b16-9-. The zero-order valence-electron chi connectivity index (χ0n) is 14.2. The minimum absolute atomic E-state index is 0.0105. The molecule has 3 heterocycles. The quantitative estimate of drug-likeness (QED) is 0.377. The van der Waals surface area contributed by atoms with E-state index in [0.29, 0.717) is 26.3 Å². The Balaban J connectivity index is 1.68. The average Bonchev–Trinajstić information content (AvgIpc) is 3.38. The summed E-state index contributed by atoms with van der Waals surface area (Å²) in [5, 5.41) is 17.9. The molecule has 0 radical (unpaired) electrons. The molecule has 0 atom stereocenters. The summed E-state index contributed by atoms with van der Waals surface area (Å²) < 4.78 is 2.11. The van der Waals surface area contributed by atoms with Gasteiger partial charge in [0, 0.05) is 23.3 Å². The van der Waals surface area contributed by atoms with Crippen LogP contribution in [-0.2, 0) is 0 Å². The molecule has 0 amide bonds. The number of hydrogen-bond acceptors (Lipinski definition) is 6. The number of non-ortho nitro benzene ring substituents is 1. The predicted octanol–water partition coefficient (Wildman–Crippen LogP) is 2.76. The van der Waals surface area contributed by atoms with E-state index in [1.54, 1.807) is 28.8 Å². The van der Waals surface area contributed by atoms with Crippen molar-refractivity contribution in [3.05, 3.63) is 85.3 Å². The normalized spacial score (nSPS) is 12.2.